The van der Waals surface area contributed by atoms with E-state index in [1.165, 1.54) is 18.3 Å². The Kier molecular flexibility index (Phi) is 11.1. The first kappa shape index (κ1) is 36.7. The van der Waals surface area contributed by atoms with Gasteiger partial charge in [-0.2, -0.15) is 0 Å². The molecule has 0 saturated heterocycles. The third-order valence-electron chi connectivity index (χ3n) is 8.71. The minimum absolute atomic E-state index is 0.123. The third-order valence-corrected chi connectivity index (χ3v) is 10.2. The summed E-state index contributed by atoms with van der Waals surface area (Å²) in [4.78, 5) is 50.9. The van der Waals surface area contributed by atoms with Gasteiger partial charge >= 0.3 is 5.97 Å². The van der Waals surface area contributed by atoms with Gasteiger partial charge in [0.15, 0.2) is 5.82 Å². The van der Waals surface area contributed by atoms with Crippen molar-refractivity contribution < 1.29 is 19.5 Å². The van der Waals surface area contributed by atoms with Crippen molar-refractivity contribution in [3.63, 3.8) is 0 Å². The summed E-state index contributed by atoms with van der Waals surface area (Å²) in [6, 6.07) is 37.8. The van der Waals surface area contributed by atoms with Crippen LogP contribution in [0.2, 0.25) is 0 Å². The van der Waals surface area contributed by atoms with E-state index < -0.39 is 29.9 Å². The van der Waals surface area contributed by atoms with Gasteiger partial charge in [-0.05, 0) is 72.0 Å². The Bertz CT molecular complexity index is 2120. The highest BCUT2D eigenvalue weighted by molar-refractivity contribution is 7.14. The maximum atomic E-state index is 13.2. The fourth-order valence-corrected chi connectivity index (χ4v) is 6.70. The summed E-state index contributed by atoms with van der Waals surface area (Å²) in [5, 5.41) is 14.7. The fraction of sp³-hybridized carbons (Fsp3) is 0.186. The SMILES string of the molecule is C[C@@H](NC(=O)[C@H](Cc1ccc(-c2ncc(-c3ccc(N(c4ccccc4)c4ccccc4)cc3)cn2)cc1)NC(=O)c1ccc(C(C)(C)C)s1)C(=O)O. The molecule has 0 aliphatic rings. The standard InChI is InChI=1S/C43H41N5O4S/c1-28(42(51)52)46-40(49)36(47-41(50)37-23-24-38(53-37)43(2,3)4)25-29-15-17-31(18-16-29)39-44-26-32(27-45-39)30-19-21-35(22-20-30)48(33-11-7-5-8-12-33)34-13-9-6-10-14-34/h5-24,26-28,36H,25H2,1-4H3,(H,46,49)(H,47,50)(H,51,52)/t28-,36+/m1/s1. The largest absolute Gasteiger partial charge is 0.480 e. The number of aromatic nitrogens is 2. The highest BCUT2D eigenvalue weighted by atomic mass is 32.1. The van der Waals surface area contributed by atoms with Crippen LogP contribution < -0.4 is 15.5 Å². The normalized spacial score (nSPS) is 12.4. The van der Waals surface area contributed by atoms with Crippen molar-refractivity contribution in [1.29, 1.82) is 0 Å². The van der Waals surface area contributed by atoms with Gasteiger partial charge in [0.2, 0.25) is 5.91 Å². The molecule has 0 radical (unpaired) electrons. The van der Waals surface area contributed by atoms with Gasteiger partial charge in [-0.25, -0.2) is 9.97 Å². The van der Waals surface area contributed by atoms with Crippen LogP contribution >= 0.6 is 11.3 Å². The molecule has 4 aromatic carbocycles. The van der Waals surface area contributed by atoms with E-state index in [0.717, 1.165) is 44.2 Å². The Morgan fingerprint density at radius 2 is 1.25 bits per heavy atom. The number of nitrogens with one attached hydrogen (secondary N) is 2. The van der Waals surface area contributed by atoms with E-state index in [2.05, 4.69) is 94.8 Å². The van der Waals surface area contributed by atoms with Crippen LogP contribution in [0.4, 0.5) is 17.1 Å². The van der Waals surface area contributed by atoms with Crippen molar-refractivity contribution >= 4 is 46.2 Å². The second-order valence-electron chi connectivity index (χ2n) is 13.8. The number of benzene rings is 4. The molecule has 6 aromatic rings. The van der Waals surface area contributed by atoms with Gasteiger partial charge in [0.25, 0.3) is 5.91 Å². The second-order valence-corrected chi connectivity index (χ2v) is 14.8. The minimum Gasteiger partial charge on any atom is -0.480 e. The summed E-state index contributed by atoms with van der Waals surface area (Å²) in [5.74, 6) is -1.59. The van der Waals surface area contributed by atoms with Crippen molar-refractivity contribution in [3.8, 4) is 22.5 Å². The Balaban J connectivity index is 1.15. The van der Waals surface area contributed by atoms with E-state index in [9.17, 15) is 19.5 Å². The van der Waals surface area contributed by atoms with Crippen molar-refractivity contribution in [2.24, 2.45) is 0 Å². The van der Waals surface area contributed by atoms with Gasteiger partial charge < -0.3 is 20.6 Å². The van der Waals surface area contributed by atoms with E-state index >= 15 is 0 Å². The molecule has 2 amide bonds. The lowest BCUT2D eigenvalue weighted by Crippen LogP contribution is -2.51. The molecular formula is C43H41N5O4S. The molecule has 0 aliphatic carbocycles. The summed E-state index contributed by atoms with van der Waals surface area (Å²) in [6.45, 7) is 7.59. The van der Waals surface area contributed by atoms with Crippen molar-refractivity contribution in [2.75, 3.05) is 4.90 Å². The zero-order valence-electron chi connectivity index (χ0n) is 30.0. The number of aliphatic carboxylic acids is 1. The van der Waals surface area contributed by atoms with Crippen molar-refractivity contribution in [2.45, 2.75) is 51.6 Å². The Hall–Kier alpha value is -6.13. The molecule has 268 valence electrons. The van der Waals surface area contributed by atoms with Crippen LogP contribution in [0.1, 0.15) is 47.8 Å². The summed E-state index contributed by atoms with van der Waals surface area (Å²) in [5.41, 5.74) is 6.46. The molecule has 0 unspecified atom stereocenters. The number of nitrogens with zero attached hydrogens (tertiary/aromatic N) is 3. The molecule has 0 spiro atoms. The highest BCUT2D eigenvalue weighted by Crippen LogP contribution is 2.35. The van der Waals surface area contributed by atoms with Crippen LogP contribution in [0, 0.1) is 0 Å². The van der Waals surface area contributed by atoms with Crippen LogP contribution in [0.5, 0.6) is 0 Å². The number of para-hydroxylation sites is 2. The fourth-order valence-electron chi connectivity index (χ4n) is 5.73. The van der Waals surface area contributed by atoms with Gasteiger partial charge in [0.05, 0.1) is 4.88 Å². The molecule has 10 heteroatoms. The smallest absolute Gasteiger partial charge is 0.325 e. The van der Waals surface area contributed by atoms with Crippen LogP contribution in [-0.4, -0.2) is 44.9 Å². The second kappa shape index (κ2) is 16.0. The van der Waals surface area contributed by atoms with E-state index in [1.54, 1.807) is 18.5 Å². The summed E-state index contributed by atoms with van der Waals surface area (Å²) in [7, 11) is 0. The molecule has 3 N–H and O–H groups in total. The van der Waals surface area contributed by atoms with Crippen LogP contribution in [0.3, 0.4) is 0 Å². The van der Waals surface area contributed by atoms with Gasteiger partial charge in [-0.1, -0.05) is 93.6 Å². The minimum atomic E-state index is -1.17. The number of carboxylic acid groups (broad SMARTS) is 1. The molecule has 0 aliphatic heterocycles. The van der Waals surface area contributed by atoms with E-state index in [-0.39, 0.29) is 11.8 Å². The lowest BCUT2D eigenvalue weighted by molar-refractivity contribution is -0.141. The molecular weight excluding hydrogens is 683 g/mol. The number of carbonyl (C=O) groups excluding carboxylic acids is 2. The monoisotopic (exact) mass is 723 g/mol. The number of carbonyl (C=O) groups is 3. The Labute approximate surface area is 313 Å². The maximum Gasteiger partial charge on any atom is 0.325 e. The zero-order chi connectivity index (χ0) is 37.5. The zero-order valence-corrected chi connectivity index (χ0v) is 30.8. The first-order chi connectivity index (χ1) is 25.5. The summed E-state index contributed by atoms with van der Waals surface area (Å²) in [6.07, 6.45) is 3.75. The third kappa shape index (κ3) is 9.03. The molecule has 2 atom stereocenters. The maximum absolute atomic E-state index is 13.2. The summed E-state index contributed by atoms with van der Waals surface area (Å²) < 4.78 is 0. The average molecular weight is 724 g/mol. The van der Waals surface area contributed by atoms with E-state index in [0.29, 0.717) is 10.7 Å². The first-order valence-electron chi connectivity index (χ1n) is 17.3. The molecule has 0 saturated carbocycles. The molecule has 53 heavy (non-hydrogen) atoms. The van der Waals surface area contributed by atoms with Crippen molar-refractivity contribution in [3.05, 3.63) is 149 Å². The number of amides is 2. The Morgan fingerprint density at radius 1 is 0.698 bits per heavy atom. The lowest BCUT2D eigenvalue weighted by atomic mass is 9.95. The topological polar surface area (TPSA) is 125 Å². The number of hydrogen-bond donors (Lipinski definition) is 3. The van der Waals surface area contributed by atoms with Gasteiger partial charge in [-0.3, -0.25) is 14.4 Å². The molecule has 9 nitrogen and oxygen atoms in total. The molecule has 0 fully saturated rings. The van der Waals surface area contributed by atoms with Gasteiger partial charge in [0.1, 0.15) is 12.1 Å². The van der Waals surface area contributed by atoms with E-state index in [4.69, 9.17) is 0 Å². The predicted molar refractivity (Wildman–Crippen MR) is 211 cm³/mol. The lowest BCUT2D eigenvalue weighted by Gasteiger charge is -2.25. The molecule has 6 rings (SSSR count). The van der Waals surface area contributed by atoms with Crippen LogP contribution in [0.25, 0.3) is 22.5 Å². The quantitative estimate of drug-likeness (QED) is 0.116. The highest BCUT2D eigenvalue weighted by Gasteiger charge is 2.26. The molecule has 2 aromatic heterocycles. The molecule has 2 heterocycles. The number of rotatable bonds is 12. The number of anilines is 3. The van der Waals surface area contributed by atoms with Crippen molar-refractivity contribution in [1.82, 2.24) is 20.6 Å². The van der Waals surface area contributed by atoms with Gasteiger partial charge in [-0.15, -0.1) is 11.3 Å². The van der Waals surface area contributed by atoms with Crippen LogP contribution in [0.15, 0.2) is 134 Å². The Morgan fingerprint density at radius 3 is 1.77 bits per heavy atom. The summed E-state index contributed by atoms with van der Waals surface area (Å²) >= 11 is 1.37. The average Bonchev–Trinajstić information content (AvgIpc) is 3.68. The number of carboxylic acids is 1. The molecule has 0 bridgehead atoms. The van der Waals surface area contributed by atoms with Gasteiger partial charge in [0, 0.05) is 51.9 Å². The predicted octanol–water partition coefficient (Wildman–Crippen LogP) is 8.57. The first-order valence-corrected chi connectivity index (χ1v) is 18.1. The number of hydrogen-bond acceptors (Lipinski definition) is 7. The van der Waals surface area contributed by atoms with E-state index in [1.807, 2.05) is 66.7 Å². The van der Waals surface area contributed by atoms with Crippen LogP contribution in [-0.2, 0) is 21.4 Å². The number of thiophene rings is 1.